The third-order valence-electron chi connectivity index (χ3n) is 5.66. The van der Waals surface area contributed by atoms with E-state index in [-0.39, 0.29) is 5.82 Å². The van der Waals surface area contributed by atoms with Gasteiger partial charge in [0.05, 0.1) is 16.9 Å². The minimum Gasteiger partial charge on any atom is -0.382 e. The van der Waals surface area contributed by atoms with Gasteiger partial charge in [0.1, 0.15) is 23.0 Å². The Morgan fingerprint density at radius 3 is 2.43 bits per heavy atom. The Hall–Kier alpha value is -4.77. The fraction of sp³-hybridized carbons (Fsp3) is 0.172. The first-order valence-corrected chi connectivity index (χ1v) is 11.8. The summed E-state index contributed by atoms with van der Waals surface area (Å²) >= 11 is 0. The van der Waals surface area contributed by atoms with Gasteiger partial charge in [0, 0.05) is 66.6 Å². The molecule has 0 aliphatic carbocycles. The molecule has 0 aliphatic heterocycles. The molecule has 186 valence electrons. The van der Waals surface area contributed by atoms with Gasteiger partial charge in [0.2, 0.25) is 0 Å². The van der Waals surface area contributed by atoms with Gasteiger partial charge in [0.25, 0.3) is 0 Å². The van der Waals surface area contributed by atoms with Gasteiger partial charge >= 0.3 is 0 Å². The van der Waals surface area contributed by atoms with Crippen molar-refractivity contribution in [2.24, 2.45) is 0 Å². The zero-order valence-electron chi connectivity index (χ0n) is 21.0. The summed E-state index contributed by atoms with van der Waals surface area (Å²) in [7, 11) is 1.86. The number of anilines is 2. The Bertz CT molecular complexity index is 1520. The molecule has 4 heterocycles. The third-order valence-corrected chi connectivity index (χ3v) is 5.66. The number of aromatic amines is 1. The molecule has 0 atom stereocenters. The summed E-state index contributed by atoms with van der Waals surface area (Å²) in [4.78, 5) is 21.8. The van der Waals surface area contributed by atoms with E-state index in [9.17, 15) is 4.39 Å². The summed E-state index contributed by atoms with van der Waals surface area (Å²) in [5.41, 5.74) is 7.09. The number of H-pyrrole nitrogens is 1. The number of nitrogens with one attached hydrogen (secondary N) is 3. The van der Waals surface area contributed by atoms with Crippen molar-refractivity contribution >= 4 is 22.5 Å². The topological polar surface area (TPSA) is 91.4 Å². The Morgan fingerprint density at radius 2 is 1.70 bits per heavy atom. The van der Waals surface area contributed by atoms with Crippen molar-refractivity contribution in [1.82, 2.24) is 24.9 Å². The van der Waals surface area contributed by atoms with E-state index in [1.54, 1.807) is 18.3 Å². The van der Waals surface area contributed by atoms with E-state index in [0.717, 1.165) is 50.6 Å². The molecular formula is C29H28FN7. The number of terminal acetylenes is 1. The highest BCUT2D eigenvalue weighted by Crippen LogP contribution is 2.28. The number of aromatic nitrogens is 5. The van der Waals surface area contributed by atoms with Crippen LogP contribution in [0, 0.1) is 18.7 Å². The van der Waals surface area contributed by atoms with Crippen LogP contribution in [0.25, 0.3) is 33.4 Å². The van der Waals surface area contributed by atoms with Gasteiger partial charge in [0.15, 0.2) is 0 Å². The standard InChI is InChI=1S/C27H26FN7.C2H2/c1-16(2)33-22-11-20(13-30-15-22)19-10-18(27(29-3)32-14-19)12-24-34-23-8-9-31-25(26(23)35-24)17-4-6-21(28)7-5-17;1-2/h4-11,13-16,33H,12H2,1-3H3,(H,29,32)(H,34,35);1-2H. The van der Waals surface area contributed by atoms with Gasteiger partial charge in [-0.05, 0) is 56.3 Å². The van der Waals surface area contributed by atoms with Crippen LogP contribution in [-0.2, 0) is 6.42 Å². The smallest absolute Gasteiger partial charge is 0.129 e. The maximum Gasteiger partial charge on any atom is 0.129 e. The van der Waals surface area contributed by atoms with Crippen LogP contribution < -0.4 is 10.6 Å². The lowest BCUT2D eigenvalue weighted by molar-refractivity contribution is 0.628. The molecule has 0 amide bonds. The van der Waals surface area contributed by atoms with Crippen LogP contribution in [0.2, 0.25) is 0 Å². The van der Waals surface area contributed by atoms with Crippen LogP contribution in [0.3, 0.4) is 0 Å². The van der Waals surface area contributed by atoms with Crippen molar-refractivity contribution in [3.05, 3.63) is 84.5 Å². The predicted octanol–water partition coefficient (Wildman–Crippen LogP) is 5.92. The van der Waals surface area contributed by atoms with E-state index in [0.29, 0.717) is 18.2 Å². The average Bonchev–Trinajstić information content (AvgIpc) is 3.33. The number of pyridine rings is 3. The molecule has 0 radical (unpaired) electrons. The highest BCUT2D eigenvalue weighted by molar-refractivity contribution is 5.89. The normalized spacial score (nSPS) is 10.7. The van der Waals surface area contributed by atoms with Gasteiger partial charge in [-0.1, -0.05) is 0 Å². The molecule has 5 aromatic rings. The number of rotatable bonds is 7. The van der Waals surface area contributed by atoms with Crippen LogP contribution in [0.1, 0.15) is 25.2 Å². The fourth-order valence-electron chi connectivity index (χ4n) is 4.11. The Balaban J connectivity index is 0.00000156. The van der Waals surface area contributed by atoms with Crippen LogP contribution >= 0.6 is 0 Å². The minimum atomic E-state index is -0.281. The second-order valence-electron chi connectivity index (χ2n) is 8.67. The first-order chi connectivity index (χ1) is 18.0. The van der Waals surface area contributed by atoms with Gasteiger partial charge in [-0.15, -0.1) is 12.8 Å². The predicted molar refractivity (Wildman–Crippen MR) is 148 cm³/mol. The summed E-state index contributed by atoms with van der Waals surface area (Å²) in [6.45, 7) is 4.19. The molecule has 0 saturated heterocycles. The second kappa shape index (κ2) is 11.3. The monoisotopic (exact) mass is 493 g/mol. The SMILES string of the molecule is C#C.CNc1ncc(-c2cncc(NC(C)C)c2)cc1Cc1nc2c(-c3ccc(F)cc3)nccc2[nH]1. The minimum absolute atomic E-state index is 0.281. The Morgan fingerprint density at radius 1 is 0.946 bits per heavy atom. The van der Waals surface area contributed by atoms with Crippen LogP contribution in [0.15, 0.2) is 67.3 Å². The molecule has 0 spiro atoms. The molecular weight excluding hydrogens is 465 g/mol. The summed E-state index contributed by atoms with van der Waals surface area (Å²) in [5, 5.41) is 6.57. The summed E-state index contributed by atoms with van der Waals surface area (Å²) < 4.78 is 13.4. The molecule has 0 fully saturated rings. The summed E-state index contributed by atoms with van der Waals surface area (Å²) in [6.07, 6.45) is 15.8. The van der Waals surface area contributed by atoms with Crippen molar-refractivity contribution < 1.29 is 4.39 Å². The number of hydrogen-bond donors (Lipinski definition) is 3. The maximum absolute atomic E-state index is 13.4. The van der Waals surface area contributed by atoms with Gasteiger partial charge in [-0.2, -0.15) is 0 Å². The zero-order chi connectivity index (χ0) is 26.4. The van der Waals surface area contributed by atoms with Crippen molar-refractivity contribution in [2.45, 2.75) is 26.3 Å². The molecule has 8 heteroatoms. The second-order valence-corrected chi connectivity index (χ2v) is 8.67. The summed E-state index contributed by atoms with van der Waals surface area (Å²) in [5.74, 6) is 1.30. The van der Waals surface area contributed by atoms with E-state index in [1.165, 1.54) is 12.1 Å². The molecule has 0 saturated carbocycles. The van der Waals surface area contributed by atoms with Crippen molar-refractivity contribution in [3.63, 3.8) is 0 Å². The quantitative estimate of drug-likeness (QED) is 0.244. The molecule has 7 nitrogen and oxygen atoms in total. The first-order valence-electron chi connectivity index (χ1n) is 11.8. The largest absolute Gasteiger partial charge is 0.382 e. The van der Waals surface area contributed by atoms with E-state index in [4.69, 9.17) is 4.98 Å². The van der Waals surface area contributed by atoms with Gasteiger partial charge in [-0.3, -0.25) is 9.97 Å². The molecule has 37 heavy (non-hydrogen) atoms. The molecule has 5 rings (SSSR count). The van der Waals surface area contributed by atoms with Crippen LogP contribution in [-0.4, -0.2) is 38.0 Å². The summed E-state index contributed by atoms with van der Waals surface area (Å²) in [6, 6.07) is 12.7. The molecule has 0 aliphatic rings. The third kappa shape index (κ3) is 5.73. The van der Waals surface area contributed by atoms with Crippen molar-refractivity contribution in [3.8, 4) is 35.2 Å². The number of fused-ring (bicyclic) bond motifs is 1. The lowest BCUT2D eigenvalue weighted by Gasteiger charge is -2.12. The van der Waals surface area contributed by atoms with E-state index < -0.39 is 0 Å². The van der Waals surface area contributed by atoms with Crippen LogP contribution in [0.4, 0.5) is 15.9 Å². The Kier molecular flexibility index (Phi) is 7.74. The lowest BCUT2D eigenvalue weighted by Crippen LogP contribution is -2.09. The van der Waals surface area contributed by atoms with Gasteiger partial charge in [-0.25, -0.2) is 14.4 Å². The van der Waals surface area contributed by atoms with Crippen molar-refractivity contribution in [2.75, 3.05) is 17.7 Å². The number of benzene rings is 1. The fourth-order valence-corrected chi connectivity index (χ4v) is 4.11. The number of hydrogen-bond acceptors (Lipinski definition) is 6. The van der Waals surface area contributed by atoms with Crippen molar-refractivity contribution in [1.29, 1.82) is 0 Å². The maximum atomic E-state index is 13.4. The zero-order valence-corrected chi connectivity index (χ0v) is 21.0. The molecule has 3 N–H and O–H groups in total. The molecule has 4 aromatic heterocycles. The Labute approximate surface area is 215 Å². The highest BCUT2D eigenvalue weighted by atomic mass is 19.1. The van der Waals surface area contributed by atoms with Crippen LogP contribution in [0.5, 0.6) is 0 Å². The molecule has 1 aromatic carbocycles. The highest BCUT2D eigenvalue weighted by Gasteiger charge is 2.14. The average molecular weight is 494 g/mol. The number of imidazole rings is 1. The lowest BCUT2D eigenvalue weighted by atomic mass is 10.0. The molecule has 0 bridgehead atoms. The van der Waals surface area contributed by atoms with Gasteiger partial charge < -0.3 is 15.6 Å². The van der Waals surface area contributed by atoms with E-state index in [2.05, 4.69) is 69.4 Å². The molecule has 0 unspecified atom stereocenters. The first kappa shape index (κ1) is 25.3. The number of nitrogens with zero attached hydrogens (tertiary/aromatic N) is 4. The van der Waals surface area contributed by atoms with E-state index in [1.807, 2.05) is 31.7 Å². The van der Waals surface area contributed by atoms with E-state index >= 15 is 0 Å². The number of halogens is 1.